The van der Waals surface area contributed by atoms with E-state index in [0.29, 0.717) is 6.04 Å². The van der Waals surface area contributed by atoms with Crippen molar-refractivity contribution in [2.45, 2.75) is 32.4 Å². The number of likely N-dealkylation sites (N-methyl/N-ethyl adjacent to an activating group) is 1. The highest BCUT2D eigenvalue weighted by Gasteiger charge is 2.19. The van der Waals surface area contributed by atoms with Gasteiger partial charge in [-0.2, -0.15) is 5.10 Å². The van der Waals surface area contributed by atoms with E-state index in [-0.39, 0.29) is 0 Å². The van der Waals surface area contributed by atoms with Gasteiger partial charge in [0, 0.05) is 37.9 Å². The van der Waals surface area contributed by atoms with Crippen LogP contribution >= 0.6 is 0 Å². The molecule has 0 amide bonds. The molecule has 0 aliphatic carbocycles. The Balaban J connectivity index is 1.96. The standard InChI is InChI=1S/C12H22N4/c1-10-11(7-15(3)14-10)8-16-6-4-5-12(9-16)13-2/h7,12-13H,4-6,8-9H2,1-3H3. The number of rotatable bonds is 3. The van der Waals surface area contributed by atoms with Gasteiger partial charge in [0.1, 0.15) is 0 Å². The fourth-order valence-corrected chi connectivity index (χ4v) is 2.48. The van der Waals surface area contributed by atoms with Crippen molar-refractivity contribution < 1.29 is 0 Å². The number of hydrogen-bond donors (Lipinski definition) is 1. The SMILES string of the molecule is CNC1CCCN(Cc2cn(C)nc2C)C1. The zero-order valence-electron chi connectivity index (χ0n) is 10.5. The van der Waals surface area contributed by atoms with Crippen LogP contribution in [-0.2, 0) is 13.6 Å². The fourth-order valence-electron chi connectivity index (χ4n) is 2.48. The molecule has 1 fully saturated rings. The van der Waals surface area contributed by atoms with E-state index in [1.807, 2.05) is 11.7 Å². The zero-order chi connectivity index (χ0) is 11.5. The van der Waals surface area contributed by atoms with Crippen LogP contribution in [0.5, 0.6) is 0 Å². The van der Waals surface area contributed by atoms with Crippen LogP contribution in [0.4, 0.5) is 0 Å². The summed E-state index contributed by atoms with van der Waals surface area (Å²) in [6.07, 6.45) is 4.74. The largest absolute Gasteiger partial charge is 0.316 e. The number of hydrogen-bond acceptors (Lipinski definition) is 3. The molecule has 0 aromatic carbocycles. The van der Waals surface area contributed by atoms with E-state index in [9.17, 15) is 0 Å². The van der Waals surface area contributed by atoms with Gasteiger partial charge in [-0.3, -0.25) is 9.58 Å². The average Bonchev–Trinajstić information content (AvgIpc) is 2.58. The number of aryl methyl sites for hydroxylation is 2. The molecule has 1 N–H and O–H groups in total. The summed E-state index contributed by atoms with van der Waals surface area (Å²) in [6.45, 7) is 5.50. The summed E-state index contributed by atoms with van der Waals surface area (Å²) in [5.74, 6) is 0. The Morgan fingerprint density at radius 3 is 3.00 bits per heavy atom. The second kappa shape index (κ2) is 4.97. The lowest BCUT2D eigenvalue weighted by Gasteiger charge is -2.32. The molecule has 4 heteroatoms. The van der Waals surface area contributed by atoms with Gasteiger partial charge < -0.3 is 5.32 Å². The second-order valence-corrected chi connectivity index (χ2v) is 4.78. The van der Waals surface area contributed by atoms with Gasteiger partial charge in [-0.1, -0.05) is 0 Å². The lowest BCUT2D eigenvalue weighted by molar-refractivity contribution is 0.187. The maximum absolute atomic E-state index is 4.39. The highest BCUT2D eigenvalue weighted by Crippen LogP contribution is 2.14. The van der Waals surface area contributed by atoms with E-state index in [1.165, 1.54) is 24.9 Å². The predicted molar refractivity (Wildman–Crippen MR) is 65.3 cm³/mol. The van der Waals surface area contributed by atoms with Gasteiger partial charge in [-0.05, 0) is 33.4 Å². The summed E-state index contributed by atoms with van der Waals surface area (Å²) in [6, 6.07) is 0.658. The third-order valence-electron chi connectivity index (χ3n) is 3.42. The predicted octanol–water partition coefficient (Wildman–Crippen LogP) is 0.912. The number of aromatic nitrogens is 2. The molecule has 90 valence electrons. The van der Waals surface area contributed by atoms with Crippen LogP contribution in [0.1, 0.15) is 24.1 Å². The maximum atomic E-state index is 4.39. The molecule has 1 saturated heterocycles. The Morgan fingerprint density at radius 2 is 2.38 bits per heavy atom. The van der Waals surface area contributed by atoms with Gasteiger partial charge in [0.2, 0.25) is 0 Å². The highest BCUT2D eigenvalue weighted by molar-refractivity contribution is 5.15. The van der Waals surface area contributed by atoms with Crippen molar-refractivity contribution in [1.29, 1.82) is 0 Å². The second-order valence-electron chi connectivity index (χ2n) is 4.78. The lowest BCUT2D eigenvalue weighted by Crippen LogP contribution is -2.43. The quantitative estimate of drug-likeness (QED) is 0.825. The van der Waals surface area contributed by atoms with E-state index in [4.69, 9.17) is 0 Å². The molecule has 0 saturated carbocycles. The first-order chi connectivity index (χ1) is 7.69. The van der Waals surface area contributed by atoms with E-state index >= 15 is 0 Å². The summed E-state index contributed by atoms with van der Waals surface area (Å²) in [7, 11) is 4.05. The van der Waals surface area contributed by atoms with Crippen molar-refractivity contribution in [2.75, 3.05) is 20.1 Å². The van der Waals surface area contributed by atoms with Gasteiger partial charge in [0.05, 0.1) is 5.69 Å². The van der Waals surface area contributed by atoms with Crippen LogP contribution in [0.3, 0.4) is 0 Å². The van der Waals surface area contributed by atoms with Gasteiger partial charge >= 0.3 is 0 Å². The van der Waals surface area contributed by atoms with Gasteiger partial charge in [0.15, 0.2) is 0 Å². The molecule has 1 unspecified atom stereocenters. The monoisotopic (exact) mass is 222 g/mol. The van der Waals surface area contributed by atoms with Crippen molar-refractivity contribution >= 4 is 0 Å². The molecule has 16 heavy (non-hydrogen) atoms. The van der Waals surface area contributed by atoms with E-state index in [2.05, 4.69) is 35.5 Å². The van der Waals surface area contributed by atoms with Crippen molar-refractivity contribution in [1.82, 2.24) is 20.0 Å². The summed E-state index contributed by atoms with van der Waals surface area (Å²) in [5, 5.41) is 7.77. The highest BCUT2D eigenvalue weighted by atomic mass is 15.3. The zero-order valence-corrected chi connectivity index (χ0v) is 10.5. The van der Waals surface area contributed by atoms with Crippen LogP contribution < -0.4 is 5.32 Å². The molecule has 4 nitrogen and oxygen atoms in total. The summed E-state index contributed by atoms with van der Waals surface area (Å²) in [4.78, 5) is 2.52. The van der Waals surface area contributed by atoms with Crippen LogP contribution in [0.2, 0.25) is 0 Å². The first-order valence-electron chi connectivity index (χ1n) is 6.08. The van der Waals surface area contributed by atoms with E-state index in [1.54, 1.807) is 0 Å². The van der Waals surface area contributed by atoms with Gasteiger partial charge in [-0.15, -0.1) is 0 Å². The van der Waals surface area contributed by atoms with Crippen LogP contribution in [0.15, 0.2) is 6.20 Å². The van der Waals surface area contributed by atoms with Crippen molar-refractivity contribution in [3.05, 3.63) is 17.5 Å². The number of likely N-dealkylation sites (tertiary alicyclic amines) is 1. The topological polar surface area (TPSA) is 33.1 Å². The third kappa shape index (κ3) is 2.62. The third-order valence-corrected chi connectivity index (χ3v) is 3.42. The smallest absolute Gasteiger partial charge is 0.0638 e. The van der Waals surface area contributed by atoms with Gasteiger partial charge in [0.25, 0.3) is 0 Å². The molecule has 1 aromatic rings. The van der Waals surface area contributed by atoms with Crippen molar-refractivity contribution in [3.63, 3.8) is 0 Å². The van der Waals surface area contributed by atoms with E-state index < -0.39 is 0 Å². The molecule has 1 aliphatic heterocycles. The summed E-state index contributed by atoms with van der Waals surface area (Å²) >= 11 is 0. The van der Waals surface area contributed by atoms with Gasteiger partial charge in [-0.25, -0.2) is 0 Å². The number of nitrogens with zero attached hydrogens (tertiary/aromatic N) is 3. The Bertz CT molecular complexity index is 345. The minimum atomic E-state index is 0.658. The molecule has 1 aliphatic rings. The number of nitrogens with one attached hydrogen (secondary N) is 1. The van der Waals surface area contributed by atoms with Crippen LogP contribution in [0, 0.1) is 6.92 Å². The number of piperidine rings is 1. The van der Waals surface area contributed by atoms with Crippen molar-refractivity contribution in [2.24, 2.45) is 7.05 Å². The maximum Gasteiger partial charge on any atom is 0.0638 e. The Hall–Kier alpha value is -0.870. The molecular formula is C12H22N4. The minimum absolute atomic E-state index is 0.658. The average molecular weight is 222 g/mol. The first-order valence-corrected chi connectivity index (χ1v) is 6.08. The molecule has 0 bridgehead atoms. The molecule has 2 rings (SSSR count). The summed E-state index contributed by atoms with van der Waals surface area (Å²) < 4.78 is 1.91. The molecule has 2 heterocycles. The Morgan fingerprint density at radius 1 is 1.56 bits per heavy atom. The van der Waals surface area contributed by atoms with E-state index in [0.717, 1.165) is 18.8 Å². The first kappa shape index (κ1) is 11.6. The molecule has 0 spiro atoms. The van der Waals surface area contributed by atoms with Crippen molar-refractivity contribution in [3.8, 4) is 0 Å². The fraction of sp³-hybridized carbons (Fsp3) is 0.750. The normalized spacial score (nSPS) is 22.6. The lowest BCUT2D eigenvalue weighted by atomic mass is 10.1. The molecular weight excluding hydrogens is 200 g/mol. The Labute approximate surface area is 97.6 Å². The van der Waals surface area contributed by atoms with Crippen LogP contribution in [-0.4, -0.2) is 40.9 Å². The molecule has 1 aromatic heterocycles. The summed E-state index contributed by atoms with van der Waals surface area (Å²) in [5.41, 5.74) is 2.52. The molecule has 0 radical (unpaired) electrons. The van der Waals surface area contributed by atoms with Crippen LogP contribution in [0.25, 0.3) is 0 Å². The Kier molecular flexibility index (Phi) is 3.61. The molecule has 1 atom stereocenters. The minimum Gasteiger partial charge on any atom is -0.316 e.